The van der Waals surface area contributed by atoms with Gasteiger partial charge in [-0.15, -0.1) is 0 Å². The fourth-order valence-corrected chi connectivity index (χ4v) is 3.07. The predicted octanol–water partition coefficient (Wildman–Crippen LogP) is 3.40. The van der Waals surface area contributed by atoms with E-state index in [0.717, 1.165) is 30.4 Å². The van der Waals surface area contributed by atoms with Gasteiger partial charge in [-0.2, -0.15) is 0 Å². The lowest BCUT2D eigenvalue weighted by atomic mass is 9.89. The van der Waals surface area contributed by atoms with Crippen LogP contribution in [-0.2, 0) is 13.0 Å². The summed E-state index contributed by atoms with van der Waals surface area (Å²) in [6, 6.07) is 4.84. The zero-order chi connectivity index (χ0) is 14.7. The van der Waals surface area contributed by atoms with Crippen LogP contribution >= 0.6 is 0 Å². The zero-order valence-corrected chi connectivity index (χ0v) is 13.3. The molecular formula is C17H27NO2. The Labute approximate surface area is 122 Å². The standard InChI is InChI=1S/C17H27NO2/c1-11(2)6-15-12(3)7-13-8-16(19-4)17(20-5)9-14(13)10-18-15/h8-9,11-12,15,18H,6-7,10H2,1-5H3. The van der Waals surface area contributed by atoms with Crippen LogP contribution < -0.4 is 14.8 Å². The first-order chi connectivity index (χ1) is 9.55. The highest BCUT2D eigenvalue weighted by Crippen LogP contribution is 2.34. The minimum Gasteiger partial charge on any atom is -0.493 e. The molecule has 1 aliphatic rings. The molecule has 2 unspecified atom stereocenters. The lowest BCUT2D eigenvalue weighted by Gasteiger charge is -2.24. The summed E-state index contributed by atoms with van der Waals surface area (Å²) in [6.45, 7) is 7.83. The van der Waals surface area contributed by atoms with E-state index in [4.69, 9.17) is 9.47 Å². The molecule has 2 rings (SSSR count). The smallest absolute Gasteiger partial charge is 0.161 e. The van der Waals surface area contributed by atoms with Crippen molar-refractivity contribution in [2.75, 3.05) is 14.2 Å². The van der Waals surface area contributed by atoms with Crippen molar-refractivity contribution in [1.82, 2.24) is 5.32 Å². The molecule has 0 saturated carbocycles. The quantitative estimate of drug-likeness (QED) is 0.915. The van der Waals surface area contributed by atoms with E-state index in [-0.39, 0.29) is 0 Å². The zero-order valence-electron chi connectivity index (χ0n) is 13.3. The molecule has 1 aromatic rings. The summed E-state index contributed by atoms with van der Waals surface area (Å²) in [4.78, 5) is 0. The summed E-state index contributed by atoms with van der Waals surface area (Å²) in [5.41, 5.74) is 2.72. The maximum absolute atomic E-state index is 5.42. The summed E-state index contributed by atoms with van der Waals surface area (Å²) < 4.78 is 10.8. The van der Waals surface area contributed by atoms with Crippen LogP contribution in [0.15, 0.2) is 12.1 Å². The normalized spacial score (nSPS) is 22.3. The van der Waals surface area contributed by atoms with Gasteiger partial charge < -0.3 is 14.8 Å². The van der Waals surface area contributed by atoms with Crippen LogP contribution in [0, 0.1) is 11.8 Å². The third kappa shape index (κ3) is 3.26. The molecule has 2 atom stereocenters. The van der Waals surface area contributed by atoms with Gasteiger partial charge in [0.15, 0.2) is 11.5 Å². The van der Waals surface area contributed by atoms with Crippen LogP contribution in [-0.4, -0.2) is 20.3 Å². The average Bonchev–Trinajstić information content (AvgIpc) is 2.56. The third-order valence-electron chi connectivity index (χ3n) is 4.21. The van der Waals surface area contributed by atoms with E-state index in [9.17, 15) is 0 Å². The number of benzene rings is 1. The highest BCUT2D eigenvalue weighted by molar-refractivity contribution is 5.48. The fourth-order valence-electron chi connectivity index (χ4n) is 3.07. The first-order valence-corrected chi connectivity index (χ1v) is 7.52. The molecule has 20 heavy (non-hydrogen) atoms. The summed E-state index contributed by atoms with van der Waals surface area (Å²) >= 11 is 0. The van der Waals surface area contributed by atoms with Gasteiger partial charge in [0.1, 0.15) is 0 Å². The molecule has 0 spiro atoms. The van der Waals surface area contributed by atoms with E-state index >= 15 is 0 Å². The molecule has 1 aliphatic heterocycles. The van der Waals surface area contributed by atoms with Crippen molar-refractivity contribution in [3.8, 4) is 11.5 Å². The minimum absolute atomic E-state index is 0.583. The number of fused-ring (bicyclic) bond motifs is 1. The van der Waals surface area contributed by atoms with E-state index in [1.165, 1.54) is 17.5 Å². The van der Waals surface area contributed by atoms with Crippen LogP contribution in [0.4, 0.5) is 0 Å². The van der Waals surface area contributed by atoms with Crippen LogP contribution in [0.1, 0.15) is 38.3 Å². The minimum atomic E-state index is 0.583. The van der Waals surface area contributed by atoms with E-state index in [1.54, 1.807) is 14.2 Å². The Morgan fingerprint density at radius 3 is 2.30 bits per heavy atom. The number of methoxy groups -OCH3 is 2. The van der Waals surface area contributed by atoms with E-state index in [2.05, 4.69) is 38.2 Å². The van der Waals surface area contributed by atoms with Crippen LogP contribution in [0.3, 0.4) is 0 Å². The van der Waals surface area contributed by atoms with Gasteiger partial charge in [-0.1, -0.05) is 20.8 Å². The monoisotopic (exact) mass is 277 g/mol. The van der Waals surface area contributed by atoms with Crippen LogP contribution in [0.2, 0.25) is 0 Å². The van der Waals surface area contributed by atoms with Gasteiger partial charge in [0.05, 0.1) is 14.2 Å². The molecule has 112 valence electrons. The SMILES string of the molecule is COc1cc2c(cc1OC)CC(C)C(CC(C)C)NC2. The Bertz CT molecular complexity index is 457. The molecule has 0 aromatic heterocycles. The number of rotatable bonds is 4. The van der Waals surface area contributed by atoms with Crippen molar-refractivity contribution in [2.24, 2.45) is 11.8 Å². The summed E-state index contributed by atoms with van der Waals surface area (Å²) in [5.74, 6) is 3.01. The second kappa shape index (κ2) is 6.49. The number of hydrogen-bond acceptors (Lipinski definition) is 3. The first kappa shape index (κ1) is 15.2. The largest absolute Gasteiger partial charge is 0.493 e. The van der Waals surface area contributed by atoms with Gasteiger partial charge in [0, 0.05) is 12.6 Å². The van der Waals surface area contributed by atoms with Crippen molar-refractivity contribution in [1.29, 1.82) is 0 Å². The van der Waals surface area contributed by atoms with Crippen molar-refractivity contribution >= 4 is 0 Å². The van der Waals surface area contributed by atoms with E-state index in [1.807, 2.05) is 0 Å². The molecule has 0 saturated heterocycles. The maximum Gasteiger partial charge on any atom is 0.161 e. The van der Waals surface area contributed by atoms with Gasteiger partial charge >= 0.3 is 0 Å². The van der Waals surface area contributed by atoms with Gasteiger partial charge in [0.25, 0.3) is 0 Å². The lowest BCUT2D eigenvalue weighted by Crippen LogP contribution is -2.34. The molecule has 0 fully saturated rings. The van der Waals surface area contributed by atoms with Crippen LogP contribution in [0.5, 0.6) is 11.5 Å². The second-order valence-electron chi connectivity index (χ2n) is 6.27. The Balaban J connectivity index is 2.26. The van der Waals surface area contributed by atoms with Crippen molar-refractivity contribution in [3.05, 3.63) is 23.3 Å². The molecule has 1 N–H and O–H groups in total. The molecule has 0 aliphatic carbocycles. The maximum atomic E-state index is 5.42. The Hall–Kier alpha value is -1.22. The summed E-state index contributed by atoms with van der Waals surface area (Å²) in [6.07, 6.45) is 2.32. The average molecular weight is 277 g/mol. The highest BCUT2D eigenvalue weighted by atomic mass is 16.5. The number of ether oxygens (including phenoxy) is 2. The van der Waals surface area contributed by atoms with Crippen LogP contribution in [0.25, 0.3) is 0 Å². The van der Waals surface area contributed by atoms with Crippen molar-refractivity contribution in [3.63, 3.8) is 0 Å². The molecule has 0 amide bonds. The molecule has 0 bridgehead atoms. The molecule has 1 heterocycles. The second-order valence-corrected chi connectivity index (χ2v) is 6.27. The Morgan fingerprint density at radius 2 is 1.75 bits per heavy atom. The topological polar surface area (TPSA) is 30.5 Å². The number of nitrogens with one attached hydrogen (secondary N) is 1. The lowest BCUT2D eigenvalue weighted by molar-refractivity contribution is 0.328. The summed E-state index contributed by atoms with van der Waals surface area (Å²) in [7, 11) is 3.39. The van der Waals surface area contributed by atoms with Gasteiger partial charge in [-0.05, 0) is 47.9 Å². The first-order valence-electron chi connectivity index (χ1n) is 7.52. The van der Waals surface area contributed by atoms with Crippen molar-refractivity contribution < 1.29 is 9.47 Å². The summed E-state index contributed by atoms with van der Waals surface area (Å²) in [5, 5.41) is 3.71. The van der Waals surface area contributed by atoms with Crippen molar-refractivity contribution in [2.45, 2.75) is 46.2 Å². The molecule has 1 aromatic carbocycles. The molecule has 0 radical (unpaired) electrons. The Kier molecular flexibility index (Phi) is 4.92. The molecular weight excluding hydrogens is 250 g/mol. The van der Waals surface area contributed by atoms with Gasteiger partial charge in [-0.3, -0.25) is 0 Å². The fraction of sp³-hybridized carbons (Fsp3) is 0.647. The molecule has 3 heteroatoms. The number of hydrogen-bond donors (Lipinski definition) is 1. The predicted molar refractivity (Wildman–Crippen MR) is 82.5 cm³/mol. The highest BCUT2D eigenvalue weighted by Gasteiger charge is 2.24. The van der Waals surface area contributed by atoms with Gasteiger partial charge in [-0.25, -0.2) is 0 Å². The molecule has 3 nitrogen and oxygen atoms in total. The Morgan fingerprint density at radius 1 is 1.15 bits per heavy atom. The third-order valence-corrected chi connectivity index (χ3v) is 4.21. The van der Waals surface area contributed by atoms with E-state index in [0.29, 0.717) is 12.0 Å². The van der Waals surface area contributed by atoms with Gasteiger partial charge in [0.2, 0.25) is 0 Å². The van der Waals surface area contributed by atoms with E-state index < -0.39 is 0 Å².